The highest BCUT2D eigenvalue weighted by Gasteiger charge is 2.34. The summed E-state index contributed by atoms with van der Waals surface area (Å²) in [5, 5.41) is 2.81. The fourth-order valence-corrected chi connectivity index (χ4v) is 6.06. The van der Waals surface area contributed by atoms with Crippen LogP contribution in [0.15, 0.2) is 47.4 Å². The molecule has 29 heavy (non-hydrogen) atoms. The second kappa shape index (κ2) is 9.44. The minimum absolute atomic E-state index is 0.0851. The van der Waals surface area contributed by atoms with E-state index >= 15 is 0 Å². The van der Waals surface area contributed by atoms with E-state index in [4.69, 9.17) is 4.74 Å². The van der Waals surface area contributed by atoms with E-state index in [1.807, 2.05) is 0 Å². The monoisotopic (exact) mass is 528 g/mol. The van der Waals surface area contributed by atoms with Crippen LogP contribution in [0.4, 0.5) is 5.69 Å². The van der Waals surface area contributed by atoms with Crippen molar-refractivity contribution in [1.82, 2.24) is 4.31 Å². The van der Waals surface area contributed by atoms with Gasteiger partial charge in [-0.3, -0.25) is 4.79 Å². The zero-order chi connectivity index (χ0) is 21.0. The molecule has 0 spiro atoms. The predicted octanol–water partition coefficient (Wildman–Crippen LogP) is 4.51. The molecular weight excluding hydrogens is 503 g/mol. The normalized spacial score (nSPS) is 17.3. The molecule has 3 rings (SSSR count). The van der Waals surface area contributed by atoms with Crippen LogP contribution in [-0.4, -0.2) is 38.3 Å². The number of ether oxygens (including phenoxy) is 1. The van der Waals surface area contributed by atoms with Crippen molar-refractivity contribution in [3.8, 4) is 5.75 Å². The molecule has 0 aliphatic carbocycles. The van der Waals surface area contributed by atoms with Gasteiger partial charge in [0.25, 0.3) is 5.91 Å². The number of hydrogen-bond donors (Lipinski definition) is 1. The molecule has 156 valence electrons. The van der Waals surface area contributed by atoms with E-state index in [2.05, 4.69) is 34.8 Å². The average molecular weight is 528 g/mol. The Labute approximate surface area is 185 Å². The summed E-state index contributed by atoms with van der Waals surface area (Å²) in [6.07, 6.45) is 3.67. The largest absolute Gasteiger partial charge is 0.496 e. The molecule has 1 N–H and O–H groups in total. The fraction of sp³-hybridized carbons (Fsp3) is 0.381. The third kappa shape index (κ3) is 4.92. The van der Waals surface area contributed by atoms with Gasteiger partial charge in [-0.25, -0.2) is 8.42 Å². The van der Waals surface area contributed by atoms with Crippen LogP contribution in [0.2, 0.25) is 0 Å². The maximum Gasteiger partial charge on any atom is 0.255 e. The highest BCUT2D eigenvalue weighted by molar-refractivity contribution is 14.1. The van der Waals surface area contributed by atoms with Crippen LogP contribution < -0.4 is 10.1 Å². The van der Waals surface area contributed by atoms with E-state index in [9.17, 15) is 13.2 Å². The van der Waals surface area contributed by atoms with E-state index in [1.54, 1.807) is 53.9 Å². The molecule has 1 amide bonds. The van der Waals surface area contributed by atoms with Crippen molar-refractivity contribution in [1.29, 1.82) is 0 Å². The minimum atomic E-state index is -3.52. The number of anilines is 1. The number of halogens is 1. The summed E-state index contributed by atoms with van der Waals surface area (Å²) in [5.74, 6) is 0.448. The summed E-state index contributed by atoms with van der Waals surface area (Å²) >= 11 is 2.11. The van der Waals surface area contributed by atoms with Gasteiger partial charge in [-0.1, -0.05) is 13.3 Å². The maximum atomic E-state index is 13.0. The van der Waals surface area contributed by atoms with Crippen molar-refractivity contribution >= 4 is 44.2 Å². The van der Waals surface area contributed by atoms with Crippen molar-refractivity contribution in [2.75, 3.05) is 19.0 Å². The Hall–Kier alpha value is -1.65. The Morgan fingerprint density at radius 3 is 2.59 bits per heavy atom. The lowest BCUT2D eigenvalue weighted by Gasteiger charge is -2.23. The molecule has 0 aromatic heterocycles. The number of rotatable bonds is 7. The van der Waals surface area contributed by atoms with Gasteiger partial charge in [-0.05, 0) is 84.3 Å². The molecule has 2 aromatic rings. The molecule has 1 aliphatic heterocycles. The molecular formula is C21H25IN2O4S. The molecule has 6 nitrogen and oxygen atoms in total. The van der Waals surface area contributed by atoms with Crippen LogP contribution >= 0.6 is 22.6 Å². The van der Waals surface area contributed by atoms with Gasteiger partial charge in [0.2, 0.25) is 10.0 Å². The number of hydrogen-bond acceptors (Lipinski definition) is 4. The Balaban J connectivity index is 1.73. The average Bonchev–Trinajstić information content (AvgIpc) is 3.18. The van der Waals surface area contributed by atoms with Crippen LogP contribution in [0.1, 0.15) is 43.0 Å². The van der Waals surface area contributed by atoms with Crippen molar-refractivity contribution in [3.63, 3.8) is 0 Å². The van der Waals surface area contributed by atoms with Crippen molar-refractivity contribution in [3.05, 3.63) is 51.6 Å². The fourth-order valence-electron chi connectivity index (χ4n) is 3.60. The smallest absolute Gasteiger partial charge is 0.255 e. The summed E-state index contributed by atoms with van der Waals surface area (Å²) in [7, 11) is -1.93. The number of nitrogens with zero attached hydrogens (tertiary/aromatic N) is 1. The third-order valence-corrected chi connectivity index (χ3v) is 7.89. The molecule has 0 radical (unpaired) electrons. The number of benzene rings is 2. The van der Waals surface area contributed by atoms with Gasteiger partial charge < -0.3 is 10.1 Å². The minimum Gasteiger partial charge on any atom is -0.496 e. The lowest BCUT2D eigenvalue weighted by atomic mass is 10.1. The zero-order valence-electron chi connectivity index (χ0n) is 16.5. The summed E-state index contributed by atoms with van der Waals surface area (Å²) in [6, 6.07) is 11.6. The molecule has 8 heteroatoms. The van der Waals surface area contributed by atoms with E-state index in [0.717, 1.165) is 29.3 Å². The first-order valence-electron chi connectivity index (χ1n) is 9.63. The number of methoxy groups -OCH3 is 1. The van der Waals surface area contributed by atoms with Gasteiger partial charge in [0.15, 0.2) is 0 Å². The van der Waals surface area contributed by atoms with E-state index < -0.39 is 10.0 Å². The highest BCUT2D eigenvalue weighted by Crippen LogP contribution is 2.29. The van der Waals surface area contributed by atoms with Crippen molar-refractivity contribution in [2.45, 2.75) is 43.5 Å². The van der Waals surface area contributed by atoms with Crippen molar-refractivity contribution < 1.29 is 17.9 Å². The molecule has 1 atom stereocenters. The zero-order valence-corrected chi connectivity index (χ0v) is 19.5. The topological polar surface area (TPSA) is 75.7 Å². The van der Waals surface area contributed by atoms with Crippen LogP contribution in [0.25, 0.3) is 0 Å². The van der Waals surface area contributed by atoms with Gasteiger partial charge in [0, 0.05) is 23.8 Å². The predicted molar refractivity (Wildman–Crippen MR) is 122 cm³/mol. The molecule has 0 bridgehead atoms. The molecule has 0 saturated carbocycles. The van der Waals surface area contributed by atoms with Crippen molar-refractivity contribution in [2.24, 2.45) is 0 Å². The van der Waals surface area contributed by atoms with E-state index in [0.29, 0.717) is 23.5 Å². The molecule has 1 heterocycles. The quantitative estimate of drug-likeness (QED) is 0.537. The molecule has 1 fully saturated rings. The first kappa shape index (κ1) is 22.0. The van der Waals surface area contributed by atoms with Crippen LogP contribution in [-0.2, 0) is 10.0 Å². The van der Waals surface area contributed by atoms with Gasteiger partial charge in [0.1, 0.15) is 5.75 Å². The van der Waals surface area contributed by atoms with Gasteiger partial charge in [0.05, 0.1) is 15.6 Å². The third-order valence-electron chi connectivity index (χ3n) is 5.08. The Morgan fingerprint density at radius 1 is 1.24 bits per heavy atom. The number of carbonyl (C=O) groups excluding carboxylic acids is 1. The lowest BCUT2D eigenvalue weighted by Crippen LogP contribution is -2.35. The number of sulfonamides is 1. The molecule has 2 aromatic carbocycles. The number of carbonyl (C=O) groups is 1. The molecule has 1 unspecified atom stereocenters. The standard InChI is InChI=1S/C21H25IN2O4S/c1-3-5-17-6-4-13-24(17)29(26,27)18-10-8-16(9-11-18)23-21(25)15-7-12-20(28-2)19(22)14-15/h7-12,14,17H,3-6,13H2,1-2H3,(H,23,25). The first-order valence-corrected chi connectivity index (χ1v) is 12.2. The van der Waals surface area contributed by atoms with Crippen LogP contribution in [0, 0.1) is 3.57 Å². The molecule has 1 aliphatic rings. The second-order valence-electron chi connectivity index (χ2n) is 7.03. The van der Waals surface area contributed by atoms with Crippen LogP contribution in [0.3, 0.4) is 0 Å². The van der Waals surface area contributed by atoms with Gasteiger partial charge in [-0.15, -0.1) is 0 Å². The number of nitrogens with one attached hydrogen (secondary N) is 1. The maximum absolute atomic E-state index is 13.0. The lowest BCUT2D eigenvalue weighted by molar-refractivity contribution is 0.102. The summed E-state index contributed by atoms with van der Waals surface area (Å²) in [5.41, 5.74) is 1.05. The Kier molecular flexibility index (Phi) is 7.18. The summed E-state index contributed by atoms with van der Waals surface area (Å²) in [6.45, 7) is 2.64. The first-order chi connectivity index (χ1) is 13.9. The Morgan fingerprint density at radius 2 is 1.97 bits per heavy atom. The van der Waals surface area contributed by atoms with Crippen LogP contribution in [0.5, 0.6) is 5.75 Å². The number of amides is 1. The SMILES string of the molecule is CCCC1CCCN1S(=O)(=O)c1ccc(NC(=O)c2ccc(OC)c(I)c2)cc1. The Bertz CT molecular complexity index is 977. The highest BCUT2D eigenvalue weighted by atomic mass is 127. The van der Waals surface area contributed by atoms with E-state index in [-0.39, 0.29) is 16.8 Å². The van der Waals surface area contributed by atoms with Gasteiger partial charge in [-0.2, -0.15) is 4.31 Å². The summed E-state index contributed by atoms with van der Waals surface area (Å²) in [4.78, 5) is 12.8. The molecule has 1 saturated heterocycles. The van der Waals surface area contributed by atoms with Gasteiger partial charge >= 0.3 is 0 Å². The summed E-state index contributed by atoms with van der Waals surface area (Å²) < 4.78 is 33.7. The second-order valence-corrected chi connectivity index (χ2v) is 10.1. The van der Waals surface area contributed by atoms with E-state index in [1.165, 1.54) is 0 Å².